The van der Waals surface area contributed by atoms with Crippen LogP contribution in [0, 0.1) is 0 Å². The molecule has 0 bridgehead atoms. The molecule has 1 atom stereocenters. The summed E-state index contributed by atoms with van der Waals surface area (Å²) >= 11 is 0. The van der Waals surface area contributed by atoms with E-state index in [0.717, 1.165) is 0 Å². The van der Waals surface area contributed by atoms with E-state index in [2.05, 4.69) is 0 Å². The Morgan fingerprint density at radius 3 is 2.00 bits per heavy atom. The smallest absolute Gasteiger partial charge is 0.226 e. The van der Waals surface area contributed by atoms with Gasteiger partial charge in [-0.2, -0.15) is 0 Å². The SMILES string of the molecule is CP(=O)(O)c1ccccc1.[Ca]. The topological polar surface area (TPSA) is 37.3 Å². The van der Waals surface area contributed by atoms with Crippen LogP contribution in [0.3, 0.4) is 0 Å². The second kappa shape index (κ2) is 4.64. The Hall–Kier alpha value is 0.670. The molecule has 0 amide bonds. The Morgan fingerprint density at radius 2 is 1.73 bits per heavy atom. The maximum absolute atomic E-state index is 11.0. The molecule has 0 fully saturated rings. The molecule has 2 radical (unpaired) electrons. The standard InChI is InChI=1S/C7H9O2P.Ca/c1-10(8,9)7-5-3-2-4-6-7;/h2-6H,1H3,(H,8,9);. The number of hydrogen-bond acceptors (Lipinski definition) is 1. The zero-order chi connectivity index (χ0) is 7.61. The van der Waals surface area contributed by atoms with Gasteiger partial charge in [0.1, 0.15) is 0 Å². The molecule has 0 aromatic heterocycles. The molecule has 1 rings (SSSR count). The Bertz CT molecular complexity index is 254. The molecule has 0 aliphatic carbocycles. The normalized spacial score (nSPS) is 14.7. The van der Waals surface area contributed by atoms with Crippen LogP contribution in [0.5, 0.6) is 0 Å². The molecule has 1 aromatic rings. The molecule has 0 heterocycles. The quantitative estimate of drug-likeness (QED) is 0.533. The second-order valence-corrected chi connectivity index (χ2v) is 4.49. The summed E-state index contributed by atoms with van der Waals surface area (Å²) < 4.78 is 11.0. The van der Waals surface area contributed by atoms with Gasteiger partial charge in [0.05, 0.1) is 0 Å². The van der Waals surface area contributed by atoms with Crippen molar-refractivity contribution in [1.29, 1.82) is 0 Å². The molecule has 4 heteroatoms. The summed E-state index contributed by atoms with van der Waals surface area (Å²) in [5.74, 6) is 0. The van der Waals surface area contributed by atoms with Crippen molar-refractivity contribution in [2.75, 3.05) is 6.66 Å². The Balaban J connectivity index is 0.000001000. The molecule has 0 aliphatic rings. The van der Waals surface area contributed by atoms with Crippen molar-refractivity contribution in [3.05, 3.63) is 30.3 Å². The number of rotatable bonds is 1. The average molecular weight is 196 g/mol. The first kappa shape index (κ1) is 11.7. The van der Waals surface area contributed by atoms with Crippen LogP contribution < -0.4 is 5.30 Å². The van der Waals surface area contributed by atoms with Crippen molar-refractivity contribution in [3.8, 4) is 0 Å². The minimum Gasteiger partial charge on any atom is -0.341 e. The molecule has 1 aromatic carbocycles. The van der Waals surface area contributed by atoms with Crippen LogP contribution in [0.1, 0.15) is 0 Å². The minimum atomic E-state index is -3.02. The maximum atomic E-state index is 11.0. The van der Waals surface area contributed by atoms with Crippen molar-refractivity contribution in [3.63, 3.8) is 0 Å². The molecule has 0 saturated carbocycles. The van der Waals surface area contributed by atoms with Crippen molar-refractivity contribution in [2.45, 2.75) is 0 Å². The maximum Gasteiger partial charge on any atom is 0.226 e. The summed E-state index contributed by atoms with van der Waals surface area (Å²) in [6.45, 7) is 1.34. The van der Waals surface area contributed by atoms with Crippen LogP contribution in [0.4, 0.5) is 0 Å². The van der Waals surface area contributed by atoms with Gasteiger partial charge in [0.2, 0.25) is 7.37 Å². The zero-order valence-corrected chi connectivity index (χ0v) is 9.50. The van der Waals surface area contributed by atoms with Gasteiger partial charge in [0, 0.05) is 49.7 Å². The van der Waals surface area contributed by atoms with Crippen LogP contribution >= 0.6 is 7.37 Å². The zero-order valence-electron chi connectivity index (χ0n) is 6.40. The van der Waals surface area contributed by atoms with E-state index in [9.17, 15) is 4.57 Å². The third-order valence-electron chi connectivity index (χ3n) is 1.24. The Morgan fingerprint density at radius 1 is 1.27 bits per heavy atom. The van der Waals surface area contributed by atoms with Crippen LogP contribution in [-0.4, -0.2) is 49.3 Å². The van der Waals surface area contributed by atoms with Crippen LogP contribution in [-0.2, 0) is 4.57 Å². The summed E-state index contributed by atoms with van der Waals surface area (Å²) in [6, 6.07) is 8.63. The predicted octanol–water partition coefficient (Wildman–Crippen LogP) is 0.831. The minimum absolute atomic E-state index is 0. The van der Waals surface area contributed by atoms with Gasteiger partial charge in [-0.25, -0.2) is 0 Å². The molecule has 11 heavy (non-hydrogen) atoms. The van der Waals surface area contributed by atoms with E-state index in [4.69, 9.17) is 4.89 Å². The molecule has 2 nitrogen and oxygen atoms in total. The average Bonchev–Trinajstić information content (AvgIpc) is 1.88. The first-order valence-corrected chi connectivity index (χ1v) is 5.07. The van der Waals surface area contributed by atoms with Gasteiger partial charge in [-0.15, -0.1) is 0 Å². The van der Waals surface area contributed by atoms with Gasteiger partial charge in [-0.05, 0) is 12.1 Å². The number of hydrogen-bond donors (Lipinski definition) is 1. The van der Waals surface area contributed by atoms with Crippen molar-refractivity contribution >= 4 is 50.4 Å². The van der Waals surface area contributed by atoms with E-state index in [-0.39, 0.29) is 37.7 Å². The van der Waals surface area contributed by atoms with Crippen molar-refractivity contribution < 1.29 is 9.46 Å². The Kier molecular flexibility index (Phi) is 4.92. The fourth-order valence-electron chi connectivity index (χ4n) is 0.705. The predicted molar refractivity (Wildman–Crippen MR) is 47.6 cm³/mol. The van der Waals surface area contributed by atoms with Crippen LogP contribution in [0.2, 0.25) is 0 Å². The molecule has 56 valence electrons. The van der Waals surface area contributed by atoms with Crippen LogP contribution in [0.15, 0.2) is 30.3 Å². The molecule has 0 saturated heterocycles. The molecule has 1 N–H and O–H groups in total. The fraction of sp³-hybridized carbons (Fsp3) is 0.143. The molecule has 0 spiro atoms. The third kappa shape index (κ3) is 3.73. The van der Waals surface area contributed by atoms with Crippen molar-refractivity contribution in [1.82, 2.24) is 0 Å². The van der Waals surface area contributed by atoms with Gasteiger partial charge < -0.3 is 4.89 Å². The monoisotopic (exact) mass is 196 g/mol. The van der Waals surface area contributed by atoms with Gasteiger partial charge in [0.25, 0.3) is 0 Å². The molecule has 1 unspecified atom stereocenters. The van der Waals surface area contributed by atoms with E-state index in [0.29, 0.717) is 5.30 Å². The van der Waals surface area contributed by atoms with E-state index in [1.165, 1.54) is 6.66 Å². The first-order valence-electron chi connectivity index (χ1n) is 2.96. The molecule has 0 aliphatic heterocycles. The number of benzene rings is 1. The van der Waals surface area contributed by atoms with E-state index < -0.39 is 7.37 Å². The van der Waals surface area contributed by atoms with Gasteiger partial charge in [-0.1, -0.05) is 18.2 Å². The molecular formula is C7H9CaO2P. The summed E-state index contributed by atoms with van der Waals surface area (Å²) in [6.07, 6.45) is 0. The molecular weight excluding hydrogens is 187 g/mol. The summed E-state index contributed by atoms with van der Waals surface area (Å²) in [7, 11) is -3.02. The summed E-state index contributed by atoms with van der Waals surface area (Å²) in [4.78, 5) is 9.04. The van der Waals surface area contributed by atoms with E-state index >= 15 is 0 Å². The Labute approximate surface area is 96.1 Å². The largest absolute Gasteiger partial charge is 0.341 e. The van der Waals surface area contributed by atoms with Gasteiger partial charge >= 0.3 is 0 Å². The van der Waals surface area contributed by atoms with Gasteiger partial charge in [-0.3, -0.25) is 4.57 Å². The fourth-order valence-corrected chi connectivity index (χ4v) is 1.43. The second-order valence-electron chi connectivity index (χ2n) is 2.21. The third-order valence-corrected chi connectivity index (χ3v) is 2.49. The van der Waals surface area contributed by atoms with E-state index in [1.807, 2.05) is 6.07 Å². The van der Waals surface area contributed by atoms with Crippen molar-refractivity contribution in [2.24, 2.45) is 0 Å². The first-order chi connectivity index (χ1) is 4.61. The van der Waals surface area contributed by atoms with Gasteiger partial charge in [0.15, 0.2) is 0 Å². The van der Waals surface area contributed by atoms with Crippen LogP contribution in [0.25, 0.3) is 0 Å². The van der Waals surface area contributed by atoms with E-state index in [1.54, 1.807) is 24.3 Å². The summed E-state index contributed by atoms with van der Waals surface area (Å²) in [5.41, 5.74) is 0. The summed E-state index contributed by atoms with van der Waals surface area (Å²) in [5, 5.41) is 0.509.